The molecule has 1 N–H and O–H groups in total. The summed E-state index contributed by atoms with van der Waals surface area (Å²) in [5, 5.41) is 7.32. The molecule has 0 bridgehead atoms. The van der Waals surface area contributed by atoms with Gasteiger partial charge in [0.2, 0.25) is 17.6 Å². The minimum atomic E-state index is -0.0197. The predicted molar refractivity (Wildman–Crippen MR) is 144 cm³/mol. The Bertz CT molecular complexity index is 1170. The standard InChI is InChI=1S/C30H39N5O2/c1-22-12-15-34(16-13-22)19-25-10-8-24(9-11-25)18-31-30(36)27-7-4-14-35(20-27)21-28-32-29(33-37-28)26-6-3-5-23(2)17-26/h3,5-6,8-11,17,22,27H,4,7,12-16,18-21H2,1-2H3,(H,31,36). The SMILES string of the molecule is Cc1cccc(-c2noc(CN3CCCC(C(=O)NCc4ccc(CN5CCC(C)CC5)cc4)C3)n2)c1. The summed E-state index contributed by atoms with van der Waals surface area (Å²) in [7, 11) is 0. The van der Waals surface area contributed by atoms with E-state index < -0.39 is 0 Å². The van der Waals surface area contributed by atoms with Crippen molar-refractivity contribution in [1.29, 1.82) is 0 Å². The fraction of sp³-hybridized carbons (Fsp3) is 0.500. The highest BCUT2D eigenvalue weighted by Crippen LogP contribution is 2.22. The Hall–Kier alpha value is -3.03. The number of carbonyl (C=O) groups excluding carboxylic acids is 1. The van der Waals surface area contributed by atoms with Crippen molar-refractivity contribution < 1.29 is 9.32 Å². The molecule has 7 heteroatoms. The van der Waals surface area contributed by atoms with Gasteiger partial charge in [-0.25, -0.2) is 0 Å². The topological polar surface area (TPSA) is 74.5 Å². The predicted octanol–water partition coefficient (Wildman–Crippen LogP) is 4.81. The van der Waals surface area contributed by atoms with Gasteiger partial charge in [-0.2, -0.15) is 4.98 Å². The van der Waals surface area contributed by atoms with Crippen LogP contribution in [0.25, 0.3) is 11.4 Å². The first kappa shape index (κ1) is 25.6. The van der Waals surface area contributed by atoms with Gasteiger partial charge in [0.1, 0.15) is 0 Å². The molecule has 0 aliphatic carbocycles. The van der Waals surface area contributed by atoms with Crippen molar-refractivity contribution in [3.8, 4) is 11.4 Å². The van der Waals surface area contributed by atoms with Gasteiger partial charge in [0.25, 0.3) is 0 Å². The number of carbonyl (C=O) groups is 1. The van der Waals surface area contributed by atoms with Gasteiger partial charge in [0.15, 0.2) is 0 Å². The highest BCUT2D eigenvalue weighted by atomic mass is 16.5. The first-order valence-electron chi connectivity index (χ1n) is 13.7. The Labute approximate surface area is 220 Å². The first-order valence-corrected chi connectivity index (χ1v) is 13.7. The third-order valence-corrected chi connectivity index (χ3v) is 7.75. The number of amides is 1. The van der Waals surface area contributed by atoms with E-state index in [-0.39, 0.29) is 11.8 Å². The molecule has 0 saturated carbocycles. The molecule has 1 atom stereocenters. The summed E-state index contributed by atoms with van der Waals surface area (Å²) in [5.41, 5.74) is 4.61. The third-order valence-electron chi connectivity index (χ3n) is 7.75. The number of likely N-dealkylation sites (tertiary alicyclic amines) is 2. The van der Waals surface area contributed by atoms with Crippen LogP contribution < -0.4 is 5.32 Å². The molecule has 3 heterocycles. The molecule has 2 aromatic carbocycles. The molecule has 0 radical (unpaired) electrons. The Morgan fingerprint density at radius 3 is 2.57 bits per heavy atom. The largest absolute Gasteiger partial charge is 0.352 e. The summed E-state index contributed by atoms with van der Waals surface area (Å²) in [4.78, 5) is 22.3. The maximum absolute atomic E-state index is 13.0. The van der Waals surface area contributed by atoms with Crippen LogP contribution in [0.1, 0.15) is 55.2 Å². The van der Waals surface area contributed by atoms with Gasteiger partial charge in [-0.05, 0) is 75.4 Å². The van der Waals surface area contributed by atoms with Crippen LogP contribution in [0.2, 0.25) is 0 Å². The molecule has 196 valence electrons. The molecule has 1 aromatic heterocycles. The number of rotatable bonds is 8. The normalized spacial score (nSPS) is 19.7. The average molecular weight is 502 g/mol. The second kappa shape index (κ2) is 12.0. The number of aromatic nitrogens is 2. The highest BCUT2D eigenvalue weighted by molar-refractivity contribution is 5.79. The molecule has 0 spiro atoms. The minimum absolute atomic E-state index is 0.0197. The molecule has 2 aliphatic heterocycles. The van der Waals surface area contributed by atoms with Gasteiger partial charge in [0.05, 0.1) is 12.5 Å². The zero-order valence-electron chi connectivity index (χ0n) is 22.2. The molecule has 7 nitrogen and oxygen atoms in total. The van der Waals surface area contributed by atoms with Crippen molar-refractivity contribution in [3.05, 3.63) is 71.1 Å². The van der Waals surface area contributed by atoms with Crippen LogP contribution in [0.15, 0.2) is 53.1 Å². The van der Waals surface area contributed by atoms with Crippen LogP contribution in [0.3, 0.4) is 0 Å². The smallest absolute Gasteiger partial charge is 0.241 e. The summed E-state index contributed by atoms with van der Waals surface area (Å²) < 4.78 is 5.52. The zero-order valence-corrected chi connectivity index (χ0v) is 22.2. The molecule has 1 amide bonds. The van der Waals surface area contributed by atoms with E-state index >= 15 is 0 Å². The Kier molecular flexibility index (Phi) is 8.31. The van der Waals surface area contributed by atoms with Gasteiger partial charge < -0.3 is 9.84 Å². The van der Waals surface area contributed by atoms with E-state index in [1.165, 1.54) is 31.5 Å². The molecule has 2 saturated heterocycles. The lowest BCUT2D eigenvalue weighted by atomic mass is 9.97. The highest BCUT2D eigenvalue weighted by Gasteiger charge is 2.27. The van der Waals surface area contributed by atoms with E-state index in [1.54, 1.807) is 0 Å². The fourth-order valence-corrected chi connectivity index (χ4v) is 5.40. The summed E-state index contributed by atoms with van der Waals surface area (Å²) in [6.07, 6.45) is 4.49. The average Bonchev–Trinajstić information content (AvgIpc) is 3.38. The molecular formula is C30H39N5O2. The van der Waals surface area contributed by atoms with Crippen LogP contribution in [0.4, 0.5) is 0 Å². The lowest BCUT2D eigenvalue weighted by Gasteiger charge is -2.31. The van der Waals surface area contributed by atoms with Crippen LogP contribution in [-0.2, 0) is 24.4 Å². The second-order valence-corrected chi connectivity index (χ2v) is 10.9. The van der Waals surface area contributed by atoms with E-state index in [1.807, 2.05) is 12.1 Å². The quantitative estimate of drug-likeness (QED) is 0.478. The lowest BCUT2D eigenvalue weighted by molar-refractivity contribution is -0.127. The Balaban J connectivity index is 1.08. The summed E-state index contributed by atoms with van der Waals surface area (Å²) in [6, 6.07) is 16.8. The minimum Gasteiger partial charge on any atom is -0.352 e. The first-order chi connectivity index (χ1) is 18.0. The van der Waals surface area contributed by atoms with Gasteiger partial charge in [-0.15, -0.1) is 0 Å². The maximum Gasteiger partial charge on any atom is 0.241 e. The van der Waals surface area contributed by atoms with E-state index in [9.17, 15) is 4.79 Å². The number of piperidine rings is 2. The fourth-order valence-electron chi connectivity index (χ4n) is 5.40. The molecule has 3 aromatic rings. The summed E-state index contributed by atoms with van der Waals surface area (Å²) in [5.74, 6) is 2.17. The Morgan fingerprint density at radius 2 is 1.78 bits per heavy atom. The van der Waals surface area contributed by atoms with Crippen molar-refractivity contribution >= 4 is 5.91 Å². The van der Waals surface area contributed by atoms with Crippen molar-refractivity contribution in [2.24, 2.45) is 11.8 Å². The second-order valence-electron chi connectivity index (χ2n) is 10.9. The number of aryl methyl sites for hydroxylation is 1. The van der Waals surface area contributed by atoms with Crippen LogP contribution >= 0.6 is 0 Å². The van der Waals surface area contributed by atoms with Crippen molar-refractivity contribution in [2.75, 3.05) is 26.2 Å². The van der Waals surface area contributed by atoms with E-state index in [0.717, 1.165) is 48.5 Å². The number of hydrogen-bond acceptors (Lipinski definition) is 6. The molecule has 1 unspecified atom stereocenters. The summed E-state index contributed by atoms with van der Waals surface area (Å²) >= 11 is 0. The number of nitrogens with zero attached hydrogens (tertiary/aromatic N) is 4. The number of hydrogen-bond donors (Lipinski definition) is 1. The van der Waals surface area contributed by atoms with Crippen molar-refractivity contribution in [3.63, 3.8) is 0 Å². The van der Waals surface area contributed by atoms with Crippen LogP contribution in [0.5, 0.6) is 0 Å². The van der Waals surface area contributed by atoms with Crippen LogP contribution in [0, 0.1) is 18.8 Å². The lowest BCUT2D eigenvalue weighted by Crippen LogP contribution is -2.42. The van der Waals surface area contributed by atoms with E-state index in [0.29, 0.717) is 31.3 Å². The van der Waals surface area contributed by atoms with Crippen LogP contribution in [-0.4, -0.2) is 52.0 Å². The van der Waals surface area contributed by atoms with Gasteiger partial charge >= 0.3 is 0 Å². The molecule has 37 heavy (non-hydrogen) atoms. The zero-order chi connectivity index (χ0) is 25.6. The van der Waals surface area contributed by atoms with Gasteiger partial charge in [0, 0.05) is 25.2 Å². The maximum atomic E-state index is 13.0. The number of nitrogens with one attached hydrogen (secondary N) is 1. The summed E-state index contributed by atoms with van der Waals surface area (Å²) in [6.45, 7) is 10.6. The van der Waals surface area contributed by atoms with Crippen molar-refractivity contribution in [1.82, 2.24) is 25.3 Å². The monoisotopic (exact) mass is 501 g/mol. The molecule has 2 fully saturated rings. The molecule has 5 rings (SSSR count). The molecule has 2 aliphatic rings. The number of benzene rings is 2. The Morgan fingerprint density at radius 1 is 1.00 bits per heavy atom. The van der Waals surface area contributed by atoms with Gasteiger partial charge in [-0.3, -0.25) is 14.6 Å². The van der Waals surface area contributed by atoms with E-state index in [2.05, 4.69) is 75.5 Å². The third kappa shape index (κ3) is 7.05. The van der Waals surface area contributed by atoms with E-state index in [4.69, 9.17) is 4.52 Å². The van der Waals surface area contributed by atoms with Crippen molar-refractivity contribution in [2.45, 2.75) is 59.2 Å². The van der Waals surface area contributed by atoms with Gasteiger partial charge in [-0.1, -0.05) is 60.1 Å². The molecular weight excluding hydrogens is 462 g/mol.